The fourth-order valence-electron chi connectivity index (χ4n) is 0. The van der Waals surface area contributed by atoms with Crippen molar-refractivity contribution in [3.05, 3.63) is 0 Å². The molecule has 0 fully saturated rings. The van der Waals surface area contributed by atoms with Crippen LogP contribution in [0.15, 0.2) is 0 Å². The van der Waals surface area contributed by atoms with Gasteiger partial charge in [-0.2, -0.15) is 0 Å². The van der Waals surface area contributed by atoms with Gasteiger partial charge >= 0.3 is 198 Å². The molecule has 14 heteroatoms. The second-order valence-electron chi connectivity index (χ2n) is 0. The summed E-state index contributed by atoms with van der Waals surface area (Å²) >= 11 is 0. The van der Waals surface area contributed by atoms with Crippen LogP contribution in [0, 0.1) is 0 Å². The Kier molecular flexibility index (Phi) is 2490. The Morgan fingerprint density at radius 2 is 0.286 bits per heavy atom. The Morgan fingerprint density at radius 1 is 0.286 bits per heavy atom. The number of hydrogen-bond donors (Lipinski definition) is 0. The molecule has 14 heavy (non-hydrogen) atoms. The van der Waals surface area contributed by atoms with E-state index in [1.54, 1.807) is 0 Å². The van der Waals surface area contributed by atoms with Gasteiger partial charge in [0.05, 0.1) is 0 Å². The van der Waals surface area contributed by atoms with Crippen LogP contribution in [-0.4, -0.2) is 169 Å². The standard InChI is InChI=1S/3Ba.3Mn.4H2O.4O/h;;;;;;4*1H2;;;;/q6*+2;;;;;4*-2/p-4. The summed E-state index contributed by atoms with van der Waals surface area (Å²) in [6, 6.07) is 0. The van der Waals surface area contributed by atoms with Gasteiger partial charge in [0, 0.05) is 0 Å². The van der Waals surface area contributed by atoms with E-state index in [1.807, 2.05) is 0 Å². The molecule has 0 unspecified atom stereocenters. The van der Waals surface area contributed by atoms with Crippen molar-refractivity contribution in [2.24, 2.45) is 0 Å². The van der Waals surface area contributed by atoms with Crippen LogP contribution in [0.4, 0.5) is 0 Å². The van der Waals surface area contributed by atoms with E-state index in [-0.39, 0.29) is 242 Å². The predicted octanol–water partition coefficient (Wildman–Crippen LogP) is -2.33. The Bertz CT molecular complexity index is 19.8. The van der Waals surface area contributed by atoms with E-state index < -0.39 is 0 Å². The first-order valence-electron chi connectivity index (χ1n) is 0. The second kappa shape index (κ2) is 172. The Balaban J connectivity index is 0. The summed E-state index contributed by atoms with van der Waals surface area (Å²) in [5, 5.41) is 0. The smallest absolute Gasteiger partial charge is 2.00 e. The first-order chi connectivity index (χ1) is 0. The summed E-state index contributed by atoms with van der Waals surface area (Å²) in [6.45, 7) is 0. The average Bonchev–Trinajstić information content (AvgIpc) is 0. The summed E-state index contributed by atoms with van der Waals surface area (Å²) in [5.74, 6) is 0. The third-order valence-electron chi connectivity index (χ3n) is 0. The molecule has 0 spiro atoms. The predicted molar refractivity (Wildman–Crippen MR) is 27.8 cm³/mol. The SMILES string of the molecule is [Ba+2].[Ba+2].[Ba+2].[Mn+2].[Mn+2].[Mn+2].[O-2].[O-2].[O-2].[O-2].[OH-].[OH-].[OH-].[OH-]. The maximum atomic E-state index is 0. The van der Waals surface area contributed by atoms with Gasteiger partial charge in [-0.15, -0.1) is 0 Å². The van der Waals surface area contributed by atoms with E-state index in [1.165, 1.54) is 0 Å². The van der Waals surface area contributed by atoms with Gasteiger partial charge in [-0.05, 0) is 0 Å². The minimum absolute atomic E-state index is 0. The molecule has 0 saturated heterocycles. The van der Waals surface area contributed by atoms with Crippen molar-refractivity contribution >= 4 is 147 Å². The van der Waals surface area contributed by atoms with Gasteiger partial charge in [-0.3, -0.25) is 0 Å². The third kappa shape index (κ3) is 146. The molecule has 0 aromatic heterocycles. The number of rotatable bonds is 0. The maximum absolute atomic E-state index is 0. The Labute approximate surface area is 235 Å². The molecule has 3 radical (unpaired) electrons. The first-order valence-corrected chi connectivity index (χ1v) is 0. The molecule has 0 aromatic rings. The van der Waals surface area contributed by atoms with Crippen molar-refractivity contribution in [1.82, 2.24) is 0 Å². The van der Waals surface area contributed by atoms with Gasteiger partial charge in [0.2, 0.25) is 0 Å². The molecular weight excluding hydrogens is 705 g/mol. The molecule has 79 valence electrons. The molecule has 0 saturated carbocycles. The van der Waals surface area contributed by atoms with Gasteiger partial charge in [-0.25, -0.2) is 0 Å². The van der Waals surface area contributed by atoms with Crippen LogP contribution < -0.4 is 0 Å². The molecule has 8 nitrogen and oxygen atoms in total. The van der Waals surface area contributed by atoms with E-state index in [0.29, 0.717) is 0 Å². The van der Waals surface area contributed by atoms with Gasteiger partial charge in [-0.1, -0.05) is 0 Å². The number of hydrogen-bond acceptors (Lipinski definition) is 4. The third-order valence-corrected chi connectivity index (χ3v) is 0. The molecule has 0 atom stereocenters. The summed E-state index contributed by atoms with van der Waals surface area (Å²) in [4.78, 5) is 0. The summed E-state index contributed by atoms with van der Waals surface area (Å²) < 4.78 is 0. The quantitative estimate of drug-likeness (QED) is 0.252. The molecule has 4 N–H and O–H groups in total. The second-order valence-corrected chi connectivity index (χ2v) is 0. The van der Waals surface area contributed by atoms with Crippen molar-refractivity contribution in [3.8, 4) is 0 Å². The molecule has 0 aliphatic carbocycles. The fourth-order valence-corrected chi connectivity index (χ4v) is 0. The van der Waals surface area contributed by atoms with Crippen LogP contribution >= 0.6 is 0 Å². The molecule has 0 rings (SSSR count). The molecule has 0 aliphatic rings. The van der Waals surface area contributed by atoms with Crippen LogP contribution in [0.5, 0.6) is 0 Å². The zero-order valence-corrected chi connectivity index (χ0v) is 23.5. The van der Waals surface area contributed by atoms with Crippen LogP contribution in [0.3, 0.4) is 0 Å². The zero-order chi connectivity index (χ0) is 0. The minimum atomic E-state index is 0. The van der Waals surface area contributed by atoms with E-state index in [4.69, 9.17) is 0 Å². The van der Waals surface area contributed by atoms with Crippen molar-refractivity contribution in [2.75, 3.05) is 0 Å². The average molecular weight is 709 g/mol. The van der Waals surface area contributed by atoms with Crippen molar-refractivity contribution in [1.29, 1.82) is 0 Å². The van der Waals surface area contributed by atoms with Crippen LogP contribution in [0.1, 0.15) is 0 Å². The van der Waals surface area contributed by atoms with Gasteiger partial charge in [0.1, 0.15) is 0 Å². The normalized spacial score (nSPS) is 0. The Morgan fingerprint density at radius 3 is 0.286 bits per heavy atom. The molecule has 0 aromatic carbocycles. The maximum Gasteiger partial charge on any atom is 2.00 e. The van der Waals surface area contributed by atoms with Crippen LogP contribution in [0.2, 0.25) is 0 Å². The summed E-state index contributed by atoms with van der Waals surface area (Å²) in [7, 11) is 0. The van der Waals surface area contributed by atoms with Crippen molar-refractivity contribution in [2.45, 2.75) is 0 Å². The van der Waals surface area contributed by atoms with Gasteiger partial charge < -0.3 is 43.8 Å². The molecule has 0 bridgehead atoms. The minimum Gasteiger partial charge on any atom is -2.00 e. The first kappa shape index (κ1) is 202. The monoisotopic (exact) mass is 711 g/mol. The van der Waals surface area contributed by atoms with Crippen LogP contribution in [-0.2, 0) is 73.1 Å². The largest absolute Gasteiger partial charge is 2.00 e. The Hall–Kier alpha value is 5.95. The molecule has 0 aliphatic heterocycles. The van der Waals surface area contributed by atoms with E-state index >= 15 is 0 Å². The van der Waals surface area contributed by atoms with Crippen molar-refractivity contribution in [3.63, 3.8) is 0 Å². The van der Waals surface area contributed by atoms with E-state index in [0.717, 1.165) is 0 Å². The topological polar surface area (TPSA) is 234 Å². The summed E-state index contributed by atoms with van der Waals surface area (Å²) in [5.41, 5.74) is 0. The summed E-state index contributed by atoms with van der Waals surface area (Å²) in [6.07, 6.45) is 0. The molecular formula is H4Ba3Mn3O8. The fraction of sp³-hybridized carbons (Fsp3) is 0. The zero-order valence-electron chi connectivity index (χ0n) is 6.68. The molecule has 0 heterocycles. The van der Waals surface area contributed by atoms with Crippen molar-refractivity contribution < 1.29 is 95.0 Å². The van der Waals surface area contributed by atoms with Gasteiger partial charge in [0.25, 0.3) is 0 Å². The van der Waals surface area contributed by atoms with E-state index in [2.05, 4.69) is 0 Å². The van der Waals surface area contributed by atoms with Crippen LogP contribution in [0.25, 0.3) is 0 Å². The molecule has 0 amide bonds. The van der Waals surface area contributed by atoms with E-state index in [9.17, 15) is 0 Å². The van der Waals surface area contributed by atoms with Gasteiger partial charge in [0.15, 0.2) is 0 Å².